The van der Waals surface area contributed by atoms with Crippen LogP contribution in [0.5, 0.6) is 0 Å². The molecule has 0 aromatic carbocycles. The topological polar surface area (TPSA) is 66.9 Å². The smallest absolute Gasteiger partial charge is 0.319 e. The Labute approximate surface area is 79.6 Å². The fourth-order valence-electron chi connectivity index (χ4n) is 1.84. The number of nitrogens with one attached hydrogen (secondary N) is 2. The van der Waals surface area contributed by atoms with Gasteiger partial charge in [-0.2, -0.15) is 0 Å². The van der Waals surface area contributed by atoms with Gasteiger partial charge in [-0.15, -0.1) is 0 Å². The first-order valence-electron chi connectivity index (χ1n) is 4.42. The summed E-state index contributed by atoms with van der Waals surface area (Å²) in [5, 5.41) is 7.40. The Bertz CT molecular complexity index is 522. The monoisotopic (exact) mass is 188 g/mol. The molecule has 1 aliphatic carbocycles. The number of fused-ring (bicyclic) bond motifs is 2. The maximum Gasteiger partial charge on any atom is 0.319 e. The highest BCUT2D eigenvalue weighted by Gasteiger charge is 2.27. The molecule has 3 rings (SSSR count). The van der Waals surface area contributed by atoms with Gasteiger partial charge in [0.2, 0.25) is 0 Å². The van der Waals surface area contributed by atoms with Gasteiger partial charge in [-0.3, -0.25) is 0 Å². The van der Waals surface area contributed by atoms with E-state index in [9.17, 15) is 4.79 Å². The molecule has 1 saturated heterocycles. The van der Waals surface area contributed by atoms with Gasteiger partial charge >= 0.3 is 6.03 Å². The summed E-state index contributed by atoms with van der Waals surface area (Å²) in [5.41, 5.74) is 0.870. The van der Waals surface area contributed by atoms with Gasteiger partial charge in [0.15, 0.2) is 0 Å². The average molecular weight is 188 g/mol. The molecule has 2 N–H and O–H groups in total. The van der Waals surface area contributed by atoms with Gasteiger partial charge in [0.05, 0.1) is 17.1 Å². The van der Waals surface area contributed by atoms with Crippen LogP contribution < -0.4 is 21.2 Å². The van der Waals surface area contributed by atoms with Crippen LogP contribution in [-0.4, -0.2) is 22.0 Å². The second-order valence-corrected chi connectivity index (χ2v) is 3.33. The van der Waals surface area contributed by atoms with Crippen LogP contribution in [0.2, 0.25) is 0 Å². The first kappa shape index (κ1) is 7.49. The Morgan fingerprint density at radius 3 is 3.36 bits per heavy atom. The molecule has 0 radical (unpaired) electrons. The van der Waals surface area contributed by atoms with Crippen LogP contribution in [0.1, 0.15) is 6.42 Å². The third-order valence-corrected chi connectivity index (χ3v) is 2.47. The van der Waals surface area contributed by atoms with Crippen LogP contribution in [0.3, 0.4) is 0 Å². The zero-order valence-corrected chi connectivity index (χ0v) is 7.32. The predicted molar refractivity (Wildman–Crippen MR) is 49.2 cm³/mol. The molecular formula is C9H8N4O. The summed E-state index contributed by atoms with van der Waals surface area (Å²) in [7, 11) is 0. The molecule has 70 valence electrons. The van der Waals surface area contributed by atoms with E-state index in [-0.39, 0.29) is 12.1 Å². The fraction of sp³-hybridized carbons (Fsp3) is 0.222. The van der Waals surface area contributed by atoms with Crippen LogP contribution in [0.4, 0.5) is 4.79 Å². The van der Waals surface area contributed by atoms with Crippen molar-refractivity contribution in [2.45, 2.75) is 12.5 Å². The van der Waals surface area contributed by atoms with Crippen LogP contribution in [0.15, 0.2) is 12.5 Å². The van der Waals surface area contributed by atoms with Crippen LogP contribution in [0.25, 0.3) is 11.8 Å². The number of aromatic nitrogens is 2. The normalized spacial score (nSPS) is 23.0. The van der Waals surface area contributed by atoms with E-state index in [1.807, 2.05) is 6.08 Å². The number of carbonyl (C=O) groups is 1. The van der Waals surface area contributed by atoms with Crippen molar-refractivity contribution in [3.05, 3.63) is 23.1 Å². The van der Waals surface area contributed by atoms with Crippen LogP contribution >= 0.6 is 0 Å². The highest BCUT2D eigenvalue weighted by molar-refractivity contribution is 5.89. The lowest BCUT2D eigenvalue weighted by Crippen LogP contribution is -2.40. The SMILES string of the molecule is O=C1NC2=c3ncncc3=CCC2N1. The zero-order chi connectivity index (χ0) is 9.54. The van der Waals surface area contributed by atoms with Crippen molar-refractivity contribution in [3.63, 3.8) is 0 Å². The standard InChI is InChI=1S/C9H8N4O/c14-9-12-6-2-1-5-3-10-4-11-7(5)8(6)13-9/h1,3-4,6H,2H2,(H2,12,13,14). The molecule has 14 heavy (non-hydrogen) atoms. The number of hydrogen-bond acceptors (Lipinski definition) is 3. The van der Waals surface area contributed by atoms with E-state index in [2.05, 4.69) is 20.6 Å². The number of hydrogen-bond donors (Lipinski definition) is 2. The molecule has 2 amide bonds. The highest BCUT2D eigenvalue weighted by atomic mass is 16.2. The Hall–Kier alpha value is -1.91. The van der Waals surface area contributed by atoms with E-state index in [0.717, 1.165) is 22.7 Å². The molecule has 0 bridgehead atoms. The third kappa shape index (κ3) is 0.921. The van der Waals surface area contributed by atoms with Crippen molar-refractivity contribution < 1.29 is 4.79 Å². The Balaban J connectivity index is 2.35. The lowest BCUT2D eigenvalue weighted by atomic mass is 10.1. The maximum atomic E-state index is 11.1. The van der Waals surface area contributed by atoms with Gasteiger partial charge in [0, 0.05) is 11.4 Å². The van der Waals surface area contributed by atoms with Crippen LogP contribution in [0, 0.1) is 0 Å². The maximum absolute atomic E-state index is 11.1. The van der Waals surface area contributed by atoms with Gasteiger partial charge in [-0.05, 0) is 6.42 Å². The number of amides is 2. The molecule has 2 aliphatic rings. The number of urea groups is 1. The first-order chi connectivity index (χ1) is 6.84. The minimum Gasteiger partial charge on any atom is -0.329 e. The van der Waals surface area contributed by atoms with Gasteiger partial charge < -0.3 is 10.6 Å². The minimum atomic E-state index is -0.148. The fourth-order valence-corrected chi connectivity index (χ4v) is 1.84. The average Bonchev–Trinajstić information content (AvgIpc) is 2.59. The summed E-state index contributed by atoms with van der Waals surface area (Å²) >= 11 is 0. The summed E-state index contributed by atoms with van der Waals surface area (Å²) in [6.45, 7) is 0. The number of rotatable bonds is 0. The quantitative estimate of drug-likeness (QED) is 0.518. The minimum absolute atomic E-state index is 0.0601. The summed E-state index contributed by atoms with van der Waals surface area (Å²) in [6, 6.07) is -0.0882. The molecular weight excluding hydrogens is 180 g/mol. The van der Waals surface area contributed by atoms with Gasteiger partial charge in [0.1, 0.15) is 6.33 Å². The second kappa shape index (κ2) is 2.54. The second-order valence-electron chi connectivity index (χ2n) is 3.33. The molecule has 0 saturated carbocycles. The molecule has 0 spiro atoms. The molecule has 1 aromatic heterocycles. The predicted octanol–water partition coefficient (Wildman–Crippen LogP) is -1.55. The summed E-state index contributed by atoms with van der Waals surface area (Å²) in [5.74, 6) is 0. The van der Waals surface area contributed by atoms with E-state index < -0.39 is 0 Å². The van der Waals surface area contributed by atoms with Crippen molar-refractivity contribution in [1.29, 1.82) is 0 Å². The molecule has 1 aromatic rings. The summed E-state index contributed by atoms with van der Waals surface area (Å²) in [6.07, 6.45) is 6.09. The molecule has 1 fully saturated rings. The van der Waals surface area contributed by atoms with E-state index in [0.29, 0.717) is 0 Å². The van der Waals surface area contributed by atoms with Crippen molar-refractivity contribution in [1.82, 2.24) is 20.6 Å². The Morgan fingerprint density at radius 1 is 1.50 bits per heavy atom. The molecule has 5 heteroatoms. The summed E-state index contributed by atoms with van der Waals surface area (Å²) in [4.78, 5) is 19.2. The lowest BCUT2D eigenvalue weighted by molar-refractivity contribution is 0.248. The van der Waals surface area contributed by atoms with Gasteiger partial charge in [-0.25, -0.2) is 14.8 Å². The van der Waals surface area contributed by atoms with E-state index in [1.165, 1.54) is 6.33 Å². The van der Waals surface area contributed by atoms with E-state index >= 15 is 0 Å². The Kier molecular flexibility index (Phi) is 1.36. The largest absolute Gasteiger partial charge is 0.329 e. The molecule has 5 nitrogen and oxygen atoms in total. The third-order valence-electron chi connectivity index (χ3n) is 2.47. The van der Waals surface area contributed by atoms with E-state index in [4.69, 9.17) is 0 Å². The van der Waals surface area contributed by atoms with Crippen molar-refractivity contribution in [2.75, 3.05) is 0 Å². The molecule has 2 heterocycles. The zero-order valence-electron chi connectivity index (χ0n) is 7.32. The van der Waals surface area contributed by atoms with Crippen LogP contribution in [-0.2, 0) is 0 Å². The highest BCUT2D eigenvalue weighted by Crippen LogP contribution is 2.10. The van der Waals surface area contributed by atoms with Crippen molar-refractivity contribution in [3.8, 4) is 0 Å². The lowest BCUT2D eigenvalue weighted by Gasteiger charge is -2.11. The van der Waals surface area contributed by atoms with Gasteiger partial charge in [-0.1, -0.05) is 6.08 Å². The molecule has 1 atom stereocenters. The Morgan fingerprint density at radius 2 is 2.43 bits per heavy atom. The van der Waals surface area contributed by atoms with Crippen molar-refractivity contribution >= 4 is 17.8 Å². The molecule has 1 unspecified atom stereocenters. The first-order valence-corrected chi connectivity index (χ1v) is 4.42. The molecule has 1 aliphatic heterocycles. The summed E-state index contributed by atoms with van der Waals surface area (Å²) < 4.78 is 0. The number of carbonyl (C=O) groups excluding carboxylic acids is 1. The van der Waals surface area contributed by atoms with Crippen molar-refractivity contribution in [2.24, 2.45) is 0 Å². The van der Waals surface area contributed by atoms with E-state index in [1.54, 1.807) is 6.20 Å². The number of nitrogens with zero attached hydrogens (tertiary/aromatic N) is 2. The van der Waals surface area contributed by atoms with Gasteiger partial charge in [0.25, 0.3) is 0 Å².